The van der Waals surface area contributed by atoms with Crippen LogP contribution in [0.5, 0.6) is 5.75 Å². The van der Waals surface area contributed by atoms with Crippen LogP contribution >= 0.6 is 42.6 Å². The molecule has 2 aromatic rings. The Morgan fingerprint density at radius 3 is 2.29 bits per heavy atom. The van der Waals surface area contributed by atoms with E-state index in [1.54, 1.807) is 18.2 Å². The molecule has 0 unspecified atom stereocenters. The van der Waals surface area contributed by atoms with E-state index in [0.717, 1.165) is 0 Å². The molecule has 0 N–H and O–H groups in total. The Kier molecular flexibility index (Phi) is 7.41. The van der Waals surface area contributed by atoms with E-state index in [4.69, 9.17) is 52.8 Å². The summed E-state index contributed by atoms with van der Waals surface area (Å²) in [4.78, 5) is 11.7. The first-order valence-corrected chi connectivity index (χ1v) is 9.91. The van der Waals surface area contributed by atoms with Crippen molar-refractivity contribution in [3.63, 3.8) is 0 Å². The summed E-state index contributed by atoms with van der Waals surface area (Å²) >= 11 is 16.7. The molecule has 0 atom stereocenters. The molecule has 0 amide bonds. The SMILES string of the molecule is O=c1oc2cc(OP(=O)(OCCCl)OCCCl)ccc2cc1CCl. The zero-order chi connectivity index (χ0) is 17.6. The highest BCUT2D eigenvalue weighted by molar-refractivity contribution is 7.48. The maximum absolute atomic E-state index is 12.5. The van der Waals surface area contributed by atoms with Crippen LogP contribution in [0.3, 0.4) is 0 Å². The first kappa shape index (κ1) is 19.6. The summed E-state index contributed by atoms with van der Waals surface area (Å²) in [5.41, 5.74) is 0.0571. The van der Waals surface area contributed by atoms with Crippen LogP contribution in [0.1, 0.15) is 5.56 Å². The maximum atomic E-state index is 12.5. The summed E-state index contributed by atoms with van der Waals surface area (Å²) in [6, 6.07) is 6.21. The Hall–Kier alpha value is -0.750. The fraction of sp³-hybridized carbons (Fsp3) is 0.357. The van der Waals surface area contributed by atoms with E-state index in [9.17, 15) is 9.36 Å². The molecule has 24 heavy (non-hydrogen) atoms. The van der Waals surface area contributed by atoms with Gasteiger partial charge in [0.25, 0.3) is 0 Å². The van der Waals surface area contributed by atoms with Crippen molar-refractivity contribution in [2.75, 3.05) is 25.0 Å². The average Bonchev–Trinajstić information content (AvgIpc) is 2.57. The maximum Gasteiger partial charge on any atom is 0.530 e. The zero-order valence-electron chi connectivity index (χ0n) is 12.4. The number of benzene rings is 1. The van der Waals surface area contributed by atoms with Crippen molar-refractivity contribution in [1.82, 2.24) is 0 Å². The van der Waals surface area contributed by atoms with Crippen LogP contribution < -0.4 is 10.1 Å². The van der Waals surface area contributed by atoms with Gasteiger partial charge in [-0.05, 0) is 18.2 Å². The van der Waals surface area contributed by atoms with E-state index >= 15 is 0 Å². The molecule has 0 saturated carbocycles. The summed E-state index contributed by atoms with van der Waals surface area (Å²) in [6.45, 7) is -0.0499. The fourth-order valence-electron chi connectivity index (χ4n) is 1.80. The molecule has 1 aromatic carbocycles. The second-order valence-corrected chi connectivity index (χ2v) is 7.09. The van der Waals surface area contributed by atoms with Gasteiger partial charge in [-0.15, -0.1) is 34.8 Å². The highest BCUT2D eigenvalue weighted by atomic mass is 35.5. The van der Waals surface area contributed by atoms with Gasteiger partial charge in [-0.2, -0.15) is 0 Å². The lowest BCUT2D eigenvalue weighted by Crippen LogP contribution is -2.07. The average molecular weight is 416 g/mol. The molecule has 0 spiro atoms. The number of halogens is 3. The van der Waals surface area contributed by atoms with Gasteiger partial charge in [0.1, 0.15) is 11.3 Å². The minimum Gasteiger partial charge on any atom is -0.422 e. The third-order valence-electron chi connectivity index (χ3n) is 2.79. The van der Waals surface area contributed by atoms with Crippen molar-refractivity contribution in [2.45, 2.75) is 5.88 Å². The summed E-state index contributed by atoms with van der Waals surface area (Å²) in [5, 5.41) is 0.649. The molecule has 0 fully saturated rings. The molecular formula is C14H14Cl3O6P. The van der Waals surface area contributed by atoms with Crippen LogP contribution in [0.15, 0.2) is 33.5 Å². The Balaban J connectivity index is 2.29. The van der Waals surface area contributed by atoms with Crippen molar-refractivity contribution >= 4 is 53.6 Å². The van der Waals surface area contributed by atoms with Crippen molar-refractivity contribution in [1.29, 1.82) is 0 Å². The smallest absolute Gasteiger partial charge is 0.422 e. The molecule has 132 valence electrons. The van der Waals surface area contributed by atoms with Crippen LogP contribution in [0.4, 0.5) is 0 Å². The predicted octanol–water partition coefficient (Wildman–Crippen LogP) is 4.53. The van der Waals surface area contributed by atoms with E-state index in [0.29, 0.717) is 10.9 Å². The van der Waals surface area contributed by atoms with Gasteiger partial charge in [-0.25, -0.2) is 9.36 Å². The highest BCUT2D eigenvalue weighted by Crippen LogP contribution is 2.49. The number of phosphoric ester groups is 1. The van der Waals surface area contributed by atoms with Crippen molar-refractivity contribution < 1.29 is 22.6 Å². The number of fused-ring (bicyclic) bond motifs is 1. The monoisotopic (exact) mass is 414 g/mol. The Morgan fingerprint density at radius 1 is 1.04 bits per heavy atom. The van der Waals surface area contributed by atoms with Gasteiger partial charge < -0.3 is 8.94 Å². The Morgan fingerprint density at radius 2 is 1.71 bits per heavy atom. The highest BCUT2D eigenvalue weighted by Gasteiger charge is 2.28. The fourth-order valence-corrected chi connectivity index (χ4v) is 3.53. The molecule has 1 aromatic heterocycles. The molecule has 0 aliphatic heterocycles. The summed E-state index contributed by atoms with van der Waals surface area (Å²) < 4.78 is 33.1. The Labute approximate surface area is 153 Å². The summed E-state index contributed by atoms with van der Waals surface area (Å²) in [5.74, 6) is 0.429. The molecule has 10 heteroatoms. The van der Waals surface area contributed by atoms with Crippen molar-refractivity contribution in [3.8, 4) is 5.75 Å². The topological polar surface area (TPSA) is 75.0 Å². The minimum atomic E-state index is -3.89. The van der Waals surface area contributed by atoms with Crippen LogP contribution in [0.25, 0.3) is 11.0 Å². The molecule has 0 aliphatic rings. The van der Waals surface area contributed by atoms with Crippen LogP contribution in [-0.2, 0) is 19.5 Å². The zero-order valence-corrected chi connectivity index (χ0v) is 15.5. The van der Waals surface area contributed by atoms with Gasteiger partial charge in [-0.1, -0.05) is 0 Å². The quantitative estimate of drug-likeness (QED) is 0.340. The van der Waals surface area contributed by atoms with Crippen LogP contribution in [0, 0.1) is 0 Å². The lowest BCUT2D eigenvalue weighted by molar-refractivity contribution is 0.169. The van der Waals surface area contributed by atoms with E-state index in [-0.39, 0.29) is 42.2 Å². The van der Waals surface area contributed by atoms with E-state index in [1.165, 1.54) is 6.07 Å². The third kappa shape index (κ3) is 5.12. The molecular weight excluding hydrogens is 401 g/mol. The first-order valence-electron chi connectivity index (χ1n) is 6.84. The predicted molar refractivity (Wildman–Crippen MR) is 93.6 cm³/mol. The lowest BCUT2D eigenvalue weighted by atomic mass is 10.2. The van der Waals surface area contributed by atoms with Crippen LogP contribution in [0.2, 0.25) is 0 Å². The van der Waals surface area contributed by atoms with Gasteiger partial charge in [0.05, 0.1) is 24.7 Å². The molecule has 1 heterocycles. The third-order valence-corrected chi connectivity index (χ3v) is 4.82. The normalized spacial score (nSPS) is 11.8. The van der Waals surface area contributed by atoms with E-state index in [2.05, 4.69) is 0 Å². The van der Waals surface area contributed by atoms with Crippen molar-refractivity contribution in [3.05, 3.63) is 40.2 Å². The molecule has 0 aliphatic carbocycles. The molecule has 0 bridgehead atoms. The molecule has 2 rings (SSSR count). The minimum absolute atomic E-state index is 0.0249. The van der Waals surface area contributed by atoms with Gasteiger partial charge in [-0.3, -0.25) is 9.05 Å². The van der Waals surface area contributed by atoms with Gasteiger partial charge >= 0.3 is 13.4 Å². The number of hydrogen-bond acceptors (Lipinski definition) is 6. The number of phosphoric acid groups is 1. The first-order chi connectivity index (χ1) is 11.5. The van der Waals surface area contributed by atoms with E-state index in [1.807, 2.05) is 0 Å². The van der Waals surface area contributed by atoms with Gasteiger partial charge in [0.15, 0.2) is 0 Å². The number of alkyl halides is 3. The summed E-state index contributed by atoms with van der Waals surface area (Å²) in [7, 11) is -3.89. The van der Waals surface area contributed by atoms with Crippen molar-refractivity contribution in [2.24, 2.45) is 0 Å². The van der Waals surface area contributed by atoms with Gasteiger partial charge in [0.2, 0.25) is 0 Å². The molecule has 0 radical (unpaired) electrons. The number of rotatable bonds is 9. The Bertz CT molecular complexity index is 782. The molecule has 0 saturated heterocycles. The standard InChI is InChI=1S/C14H14Cl3O6P/c15-3-5-20-24(19,21-6-4-16)23-12-2-1-10-7-11(9-17)14(18)22-13(10)8-12/h1-2,7-8H,3-6,9H2. The number of hydrogen-bond donors (Lipinski definition) is 0. The lowest BCUT2D eigenvalue weighted by Gasteiger charge is -2.17. The van der Waals surface area contributed by atoms with E-state index < -0.39 is 13.4 Å². The molecule has 6 nitrogen and oxygen atoms in total. The van der Waals surface area contributed by atoms with Crippen LogP contribution in [-0.4, -0.2) is 25.0 Å². The summed E-state index contributed by atoms with van der Waals surface area (Å²) in [6.07, 6.45) is 0. The van der Waals surface area contributed by atoms with Gasteiger partial charge in [0, 0.05) is 23.2 Å². The second kappa shape index (κ2) is 9.09. The second-order valence-electron chi connectivity index (χ2n) is 4.48. The largest absolute Gasteiger partial charge is 0.530 e.